The first kappa shape index (κ1) is 17.4. The fourth-order valence-corrected chi connectivity index (χ4v) is 5.03. The summed E-state index contributed by atoms with van der Waals surface area (Å²) in [5.41, 5.74) is 0.480. The Morgan fingerprint density at radius 3 is 2.55 bits per heavy atom. The molecular formula is C14H21NO5S2. The number of nitrogens with zero attached hydrogens (tertiary/aromatic N) is 1. The van der Waals surface area contributed by atoms with E-state index in [4.69, 9.17) is 4.74 Å². The molecule has 1 saturated heterocycles. The maximum atomic E-state index is 12.4. The molecule has 0 radical (unpaired) electrons. The second kappa shape index (κ2) is 6.66. The smallest absolute Gasteiger partial charge is 0.242 e. The molecule has 22 heavy (non-hydrogen) atoms. The quantitative estimate of drug-likeness (QED) is 0.795. The highest BCUT2D eigenvalue weighted by atomic mass is 32.2. The van der Waals surface area contributed by atoms with Crippen molar-refractivity contribution < 1.29 is 21.6 Å². The first-order chi connectivity index (χ1) is 10.2. The summed E-state index contributed by atoms with van der Waals surface area (Å²) in [6.07, 6.45) is 1.33. The minimum absolute atomic E-state index is 0.102. The summed E-state index contributed by atoms with van der Waals surface area (Å²) in [4.78, 5) is 0.102. The minimum atomic E-state index is -3.57. The van der Waals surface area contributed by atoms with Crippen LogP contribution in [0.25, 0.3) is 0 Å². The van der Waals surface area contributed by atoms with E-state index in [1.807, 2.05) is 0 Å². The Morgan fingerprint density at radius 2 is 1.95 bits per heavy atom. The van der Waals surface area contributed by atoms with Crippen LogP contribution in [0.3, 0.4) is 0 Å². The molecule has 0 spiro atoms. The van der Waals surface area contributed by atoms with Crippen LogP contribution < -0.4 is 0 Å². The van der Waals surface area contributed by atoms with Crippen LogP contribution in [0.2, 0.25) is 0 Å². The molecule has 8 heteroatoms. The predicted octanol–water partition coefficient (Wildman–Crippen LogP) is 1.03. The van der Waals surface area contributed by atoms with Gasteiger partial charge in [-0.1, -0.05) is 12.1 Å². The lowest BCUT2D eigenvalue weighted by molar-refractivity contribution is 0.0991. The SMILES string of the molecule is CN(C)S(=O)(=O)c1cccc(CS(=O)(=O)C2CCCOC2)c1. The van der Waals surface area contributed by atoms with Crippen LogP contribution in [-0.4, -0.2) is 53.7 Å². The molecule has 6 nitrogen and oxygen atoms in total. The molecule has 0 bridgehead atoms. The van der Waals surface area contributed by atoms with E-state index in [1.165, 1.54) is 26.2 Å². The number of ether oxygens (including phenoxy) is 1. The molecule has 1 fully saturated rings. The summed E-state index contributed by atoms with van der Waals surface area (Å²) >= 11 is 0. The van der Waals surface area contributed by atoms with E-state index in [1.54, 1.807) is 12.1 Å². The van der Waals surface area contributed by atoms with Crippen LogP contribution in [0, 0.1) is 0 Å². The van der Waals surface area contributed by atoms with Crippen molar-refractivity contribution >= 4 is 19.9 Å². The van der Waals surface area contributed by atoms with Crippen LogP contribution in [0.4, 0.5) is 0 Å². The maximum absolute atomic E-state index is 12.4. The Kier molecular flexibility index (Phi) is 5.26. The van der Waals surface area contributed by atoms with Crippen molar-refractivity contribution in [2.24, 2.45) is 0 Å². The van der Waals surface area contributed by atoms with Gasteiger partial charge in [0, 0.05) is 20.7 Å². The first-order valence-electron chi connectivity index (χ1n) is 7.04. The van der Waals surface area contributed by atoms with Gasteiger partial charge in [-0.3, -0.25) is 0 Å². The fraction of sp³-hybridized carbons (Fsp3) is 0.571. The van der Waals surface area contributed by atoms with Crippen molar-refractivity contribution in [3.8, 4) is 0 Å². The molecule has 1 aromatic carbocycles. The first-order valence-corrected chi connectivity index (χ1v) is 10.2. The van der Waals surface area contributed by atoms with Gasteiger partial charge in [-0.25, -0.2) is 21.1 Å². The van der Waals surface area contributed by atoms with Crippen molar-refractivity contribution in [2.45, 2.75) is 28.7 Å². The lowest BCUT2D eigenvalue weighted by Gasteiger charge is -2.22. The molecule has 1 unspecified atom stereocenters. The summed E-state index contributed by atoms with van der Waals surface area (Å²) in [6.45, 7) is 0.820. The number of rotatable bonds is 5. The highest BCUT2D eigenvalue weighted by Gasteiger charge is 2.28. The summed E-state index contributed by atoms with van der Waals surface area (Å²) in [5.74, 6) is -0.169. The van der Waals surface area contributed by atoms with E-state index in [9.17, 15) is 16.8 Å². The van der Waals surface area contributed by atoms with Crippen molar-refractivity contribution in [1.82, 2.24) is 4.31 Å². The van der Waals surface area contributed by atoms with Gasteiger partial charge in [-0.2, -0.15) is 0 Å². The van der Waals surface area contributed by atoms with Crippen molar-refractivity contribution in [1.29, 1.82) is 0 Å². The maximum Gasteiger partial charge on any atom is 0.242 e. The molecule has 0 aliphatic carbocycles. The van der Waals surface area contributed by atoms with Crippen LogP contribution in [-0.2, 0) is 30.4 Å². The third kappa shape index (κ3) is 3.87. The van der Waals surface area contributed by atoms with Gasteiger partial charge in [0.15, 0.2) is 9.84 Å². The predicted molar refractivity (Wildman–Crippen MR) is 83.8 cm³/mol. The standard InChI is InChI=1S/C14H21NO5S2/c1-15(2)22(18,19)13-6-3-5-12(9-13)11-21(16,17)14-7-4-8-20-10-14/h3,5-6,9,14H,4,7-8,10-11H2,1-2H3. The van der Waals surface area contributed by atoms with E-state index in [0.717, 1.165) is 10.7 Å². The highest BCUT2D eigenvalue weighted by molar-refractivity contribution is 7.91. The largest absolute Gasteiger partial charge is 0.380 e. The van der Waals surface area contributed by atoms with Crippen LogP contribution in [0.15, 0.2) is 29.2 Å². The van der Waals surface area contributed by atoms with E-state index < -0.39 is 25.1 Å². The molecule has 0 amide bonds. The monoisotopic (exact) mass is 347 g/mol. The average molecular weight is 347 g/mol. The number of sulfone groups is 1. The molecule has 1 atom stereocenters. The molecule has 0 N–H and O–H groups in total. The third-order valence-electron chi connectivity index (χ3n) is 3.67. The minimum Gasteiger partial charge on any atom is -0.380 e. The van der Waals surface area contributed by atoms with Gasteiger partial charge in [-0.15, -0.1) is 0 Å². The summed E-state index contributed by atoms with van der Waals surface area (Å²) in [5, 5.41) is -0.504. The van der Waals surface area contributed by atoms with E-state index >= 15 is 0 Å². The van der Waals surface area contributed by atoms with Crippen LogP contribution in [0.1, 0.15) is 18.4 Å². The Labute approximate surface area is 132 Å². The Balaban J connectivity index is 2.24. The molecule has 1 heterocycles. The number of hydrogen-bond donors (Lipinski definition) is 0. The lowest BCUT2D eigenvalue weighted by Crippen LogP contribution is -2.31. The summed E-state index contributed by atoms with van der Waals surface area (Å²) < 4.78 is 55.4. The second-order valence-corrected chi connectivity index (χ2v) is 10.0. The Bertz CT molecular complexity index is 719. The Morgan fingerprint density at radius 1 is 1.23 bits per heavy atom. The normalized spacial score (nSPS) is 20.2. The molecule has 124 valence electrons. The zero-order valence-electron chi connectivity index (χ0n) is 12.7. The van der Waals surface area contributed by atoms with Crippen molar-refractivity contribution in [3.05, 3.63) is 29.8 Å². The van der Waals surface area contributed by atoms with Crippen molar-refractivity contribution in [3.63, 3.8) is 0 Å². The van der Waals surface area contributed by atoms with Gasteiger partial charge >= 0.3 is 0 Å². The third-order valence-corrected chi connectivity index (χ3v) is 7.61. The molecule has 1 aliphatic rings. The highest BCUT2D eigenvalue weighted by Crippen LogP contribution is 2.21. The summed E-state index contributed by atoms with van der Waals surface area (Å²) in [7, 11) is -4.03. The molecule has 0 saturated carbocycles. The topological polar surface area (TPSA) is 80.8 Å². The summed E-state index contributed by atoms with van der Waals surface area (Å²) in [6, 6.07) is 6.10. The lowest BCUT2D eigenvalue weighted by atomic mass is 10.2. The molecule has 1 aliphatic heterocycles. The molecule has 2 rings (SSSR count). The van der Waals surface area contributed by atoms with E-state index in [0.29, 0.717) is 18.6 Å². The van der Waals surface area contributed by atoms with Crippen molar-refractivity contribution in [2.75, 3.05) is 27.3 Å². The van der Waals surface area contributed by atoms with Gasteiger partial charge in [-0.05, 0) is 30.5 Å². The molecular weight excluding hydrogens is 326 g/mol. The number of hydrogen-bond acceptors (Lipinski definition) is 5. The zero-order chi connectivity index (χ0) is 16.4. The van der Waals surface area contributed by atoms with Gasteiger partial charge in [0.05, 0.1) is 22.5 Å². The second-order valence-electron chi connectivity index (χ2n) is 5.58. The van der Waals surface area contributed by atoms with Gasteiger partial charge in [0.1, 0.15) is 0 Å². The van der Waals surface area contributed by atoms with Crippen LogP contribution in [0.5, 0.6) is 0 Å². The van der Waals surface area contributed by atoms with Crippen LogP contribution >= 0.6 is 0 Å². The fourth-order valence-electron chi connectivity index (χ4n) is 2.35. The number of sulfonamides is 1. The van der Waals surface area contributed by atoms with E-state index in [2.05, 4.69) is 0 Å². The zero-order valence-corrected chi connectivity index (χ0v) is 14.4. The Hall–Kier alpha value is -0.960. The van der Waals surface area contributed by atoms with Gasteiger partial charge in [0.2, 0.25) is 10.0 Å². The number of benzene rings is 1. The van der Waals surface area contributed by atoms with E-state index in [-0.39, 0.29) is 17.3 Å². The molecule has 0 aromatic heterocycles. The van der Waals surface area contributed by atoms with Gasteiger partial charge < -0.3 is 4.74 Å². The van der Waals surface area contributed by atoms with Gasteiger partial charge in [0.25, 0.3) is 0 Å². The molecule has 1 aromatic rings. The average Bonchev–Trinajstić information content (AvgIpc) is 2.48.